The van der Waals surface area contributed by atoms with E-state index in [0.29, 0.717) is 32.6 Å². The van der Waals surface area contributed by atoms with Gasteiger partial charge in [-0.15, -0.1) is 0 Å². The molecule has 2 rings (SSSR count). The van der Waals surface area contributed by atoms with E-state index in [9.17, 15) is 18.0 Å². The second kappa shape index (κ2) is 7.42. The van der Waals surface area contributed by atoms with Gasteiger partial charge in [-0.2, -0.15) is 13.2 Å². The van der Waals surface area contributed by atoms with E-state index in [1.54, 1.807) is 0 Å². The average molecular weight is 308 g/mol. The van der Waals surface area contributed by atoms with E-state index in [2.05, 4.69) is 15.5 Å². The zero-order valence-electron chi connectivity index (χ0n) is 12.1. The van der Waals surface area contributed by atoms with Crippen LogP contribution in [0.1, 0.15) is 6.42 Å². The molecular weight excluding hydrogens is 285 g/mol. The predicted octanol–water partition coefficient (Wildman–Crippen LogP) is -0.108. The maximum atomic E-state index is 12.3. The molecule has 2 heterocycles. The first-order valence-corrected chi connectivity index (χ1v) is 7.41. The lowest BCUT2D eigenvalue weighted by Crippen LogP contribution is -2.48. The van der Waals surface area contributed by atoms with Crippen molar-refractivity contribution in [2.75, 3.05) is 58.9 Å². The normalized spacial score (nSPS) is 25.2. The lowest BCUT2D eigenvalue weighted by molar-refractivity contribution is -0.143. The van der Waals surface area contributed by atoms with Crippen LogP contribution in [0.25, 0.3) is 0 Å². The Morgan fingerprint density at radius 3 is 2.57 bits per heavy atom. The van der Waals surface area contributed by atoms with E-state index in [-0.39, 0.29) is 11.8 Å². The van der Waals surface area contributed by atoms with Crippen LogP contribution in [0, 0.1) is 5.92 Å². The van der Waals surface area contributed by atoms with Crippen LogP contribution >= 0.6 is 0 Å². The van der Waals surface area contributed by atoms with Crippen molar-refractivity contribution in [1.29, 1.82) is 0 Å². The summed E-state index contributed by atoms with van der Waals surface area (Å²) in [6.45, 7) is 4.36. The van der Waals surface area contributed by atoms with Crippen molar-refractivity contribution in [2.24, 2.45) is 5.92 Å². The molecule has 2 saturated heterocycles. The summed E-state index contributed by atoms with van der Waals surface area (Å²) >= 11 is 0. The molecule has 2 fully saturated rings. The molecule has 0 bridgehead atoms. The molecule has 1 atom stereocenters. The van der Waals surface area contributed by atoms with Gasteiger partial charge < -0.3 is 10.6 Å². The third kappa shape index (κ3) is 6.19. The number of amides is 1. The van der Waals surface area contributed by atoms with Crippen molar-refractivity contribution in [3.8, 4) is 0 Å². The van der Waals surface area contributed by atoms with Gasteiger partial charge in [0.2, 0.25) is 5.91 Å². The van der Waals surface area contributed by atoms with E-state index in [4.69, 9.17) is 0 Å². The maximum Gasteiger partial charge on any atom is 0.401 e. The average Bonchev–Trinajstić information content (AvgIpc) is 2.83. The number of nitrogens with one attached hydrogen (secondary N) is 2. The highest BCUT2D eigenvalue weighted by Crippen LogP contribution is 2.22. The van der Waals surface area contributed by atoms with Crippen LogP contribution in [0.15, 0.2) is 0 Å². The molecule has 2 N–H and O–H groups in total. The zero-order chi connectivity index (χ0) is 15.3. The van der Waals surface area contributed by atoms with E-state index >= 15 is 0 Å². The van der Waals surface area contributed by atoms with Crippen LogP contribution in [0.2, 0.25) is 0 Å². The van der Waals surface area contributed by atoms with E-state index < -0.39 is 12.7 Å². The number of hydrogen-bond acceptors (Lipinski definition) is 4. The summed E-state index contributed by atoms with van der Waals surface area (Å²) in [4.78, 5) is 15.3. The zero-order valence-corrected chi connectivity index (χ0v) is 12.1. The molecule has 0 radical (unpaired) electrons. The van der Waals surface area contributed by atoms with Crippen LogP contribution in [0.5, 0.6) is 0 Å². The van der Waals surface area contributed by atoms with Crippen molar-refractivity contribution in [3.05, 3.63) is 0 Å². The van der Waals surface area contributed by atoms with Gasteiger partial charge in [0.1, 0.15) is 0 Å². The molecule has 0 aliphatic carbocycles. The fourth-order valence-electron chi connectivity index (χ4n) is 2.86. The molecule has 122 valence electrons. The molecule has 0 aromatic carbocycles. The number of hydrogen-bond donors (Lipinski definition) is 2. The number of alkyl halides is 3. The Hall–Kier alpha value is -0.860. The molecule has 1 amide bonds. The van der Waals surface area contributed by atoms with Gasteiger partial charge in [-0.1, -0.05) is 0 Å². The number of halogens is 3. The van der Waals surface area contributed by atoms with Crippen LogP contribution in [0.3, 0.4) is 0 Å². The van der Waals surface area contributed by atoms with Gasteiger partial charge in [0.05, 0.1) is 13.1 Å². The molecule has 1 unspecified atom stereocenters. The first-order chi connectivity index (χ1) is 9.92. The second-order valence-corrected chi connectivity index (χ2v) is 5.84. The lowest BCUT2D eigenvalue weighted by Gasteiger charge is -2.26. The fourth-order valence-corrected chi connectivity index (χ4v) is 2.86. The Bertz CT molecular complexity index is 345. The van der Waals surface area contributed by atoms with Gasteiger partial charge in [-0.3, -0.25) is 14.6 Å². The summed E-state index contributed by atoms with van der Waals surface area (Å²) in [5.74, 6) is 0.0884. The summed E-state index contributed by atoms with van der Waals surface area (Å²) in [6.07, 6.45) is -3.43. The van der Waals surface area contributed by atoms with Gasteiger partial charge in [0, 0.05) is 39.3 Å². The topological polar surface area (TPSA) is 47.6 Å². The molecule has 21 heavy (non-hydrogen) atoms. The first kappa shape index (κ1) is 16.5. The minimum atomic E-state index is -4.14. The molecule has 5 nitrogen and oxygen atoms in total. The molecular formula is C13H23F3N4O. The number of likely N-dealkylation sites (tertiary alicyclic amines) is 1. The largest absolute Gasteiger partial charge is 0.401 e. The van der Waals surface area contributed by atoms with Gasteiger partial charge in [0.15, 0.2) is 0 Å². The van der Waals surface area contributed by atoms with E-state index in [0.717, 1.165) is 26.2 Å². The molecule has 8 heteroatoms. The van der Waals surface area contributed by atoms with Gasteiger partial charge >= 0.3 is 6.18 Å². The highest BCUT2D eigenvalue weighted by molar-refractivity contribution is 5.78. The van der Waals surface area contributed by atoms with Gasteiger partial charge in [-0.05, 0) is 18.9 Å². The Balaban J connectivity index is 1.61. The van der Waals surface area contributed by atoms with E-state index in [1.165, 1.54) is 4.90 Å². The number of carbonyl (C=O) groups is 1. The molecule has 0 aromatic rings. The molecule has 2 aliphatic rings. The second-order valence-electron chi connectivity index (χ2n) is 5.84. The van der Waals surface area contributed by atoms with Gasteiger partial charge in [-0.25, -0.2) is 0 Å². The summed E-state index contributed by atoms with van der Waals surface area (Å²) in [6, 6.07) is 0. The van der Waals surface area contributed by atoms with Crippen LogP contribution in [0.4, 0.5) is 13.2 Å². The smallest absolute Gasteiger partial charge is 0.355 e. The minimum absolute atomic E-state index is 0.0360. The third-order valence-corrected chi connectivity index (χ3v) is 3.94. The molecule has 2 aliphatic heterocycles. The van der Waals surface area contributed by atoms with Crippen LogP contribution in [-0.2, 0) is 4.79 Å². The van der Waals surface area contributed by atoms with Crippen molar-refractivity contribution in [1.82, 2.24) is 20.4 Å². The Morgan fingerprint density at radius 2 is 1.90 bits per heavy atom. The number of nitrogens with zero attached hydrogens (tertiary/aromatic N) is 2. The third-order valence-electron chi connectivity index (χ3n) is 3.94. The van der Waals surface area contributed by atoms with Crippen molar-refractivity contribution < 1.29 is 18.0 Å². The Morgan fingerprint density at radius 1 is 1.19 bits per heavy atom. The Kier molecular flexibility index (Phi) is 5.83. The lowest BCUT2D eigenvalue weighted by atomic mass is 10.1. The summed E-state index contributed by atoms with van der Waals surface area (Å²) < 4.78 is 36.9. The summed E-state index contributed by atoms with van der Waals surface area (Å²) in [7, 11) is 0. The first-order valence-electron chi connectivity index (χ1n) is 7.41. The highest BCUT2D eigenvalue weighted by Gasteiger charge is 2.34. The quantitative estimate of drug-likeness (QED) is 0.744. The predicted molar refractivity (Wildman–Crippen MR) is 72.9 cm³/mol. The summed E-state index contributed by atoms with van der Waals surface area (Å²) in [5.41, 5.74) is 0. The van der Waals surface area contributed by atoms with E-state index in [1.807, 2.05) is 0 Å². The molecule has 0 aromatic heterocycles. The number of piperazine rings is 1. The molecule has 0 saturated carbocycles. The highest BCUT2D eigenvalue weighted by atomic mass is 19.4. The van der Waals surface area contributed by atoms with Gasteiger partial charge in [0.25, 0.3) is 0 Å². The standard InChI is InChI=1S/C13H23F3N4O/c14-13(15,16)10-20-4-1-11(8-20)7-18-12(21)9-19-5-2-17-3-6-19/h11,17H,1-10H2,(H,18,21). The van der Waals surface area contributed by atoms with Crippen molar-refractivity contribution >= 4 is 5.91 Å². The summed E-state index contributed by atoms with van der Waals surface area (Å²) in [5, 5.41) is 6.06. The molecule has 0 spiro atoms. The van der Waals surface area contributed by atoms with Crippen molar-refractivity contribution in [3.63, 3.8) is 0 Å². The van der Waals surface area contributed by atoms with Crippen LogP contribution in [-0.4, -0.2) is 80.8 Å². The fraction of sp³-hybridized carbons (Fsp3) is 0.923. The SMILES string of the molecule is O=C(CN1CCNCC1)NCC1CCN(CC(F)(F)F)C1. The Labute approximate surface area is 122 Å². The maximum absolute atomic E-state index is 12.3. The number of rotatable bonds is 5. The minimum Gasteiger partial charge on any atom is -0.355 e. The monoisotopic (exact) mass is 308 g/mol. The van der Waals surface area contributed by atoms with Crippen molar-refractivity contribution in [2.45, 2.75) is 12.6 Å². The van der Waals surface area contributed by atoms with Crippen LogP contribution < -0.4 is 10.6 Å². The number of carbonyl (C=O) groups excluding carboxylic acids is 1.